The molecule has 0 radical (unpaired) electrons. The molecule has 1 aliphatic rings. The highest BCUT2D eigenvalue weighted by Crippen LogP contribution is 2.19. The molecule has 1 aliphatic heterocycles. The molecule has 0 aliphatic carbocycles. The molecule has 3 atom stereocenters. The number of hydrogen-bond acceptors (Lipinski definition) is 4. The van der Waals surface area contributed by atoms with Gasteiger partial charge >= 0.3 is 0 Å². The molecular weight excluding hydrogens is 260 g/mol. The normalized spacial score (nSPS) is 23.5. The molecule has 1 N–H and O–H groups in total. The summed E-state index contributed by atoms with van der Waals surface area (Å²) in [5.74, 6) is 0. The minimum atomic E-state index is -0.429. The average molecular weight is 294 g/mol. The molecule has 1 rings (SSSR count). The molecular formula is C17H34N4. The van der Waals surface area contributed by atoms with Crippen LogP contribution in [0.4, 0.5) is 0 Å². The van der Waals surface area contributed by atoms with Crippen molar-refractivity contribution in [2.75, 3.05) is 26.2 Å². The number of nitrogens with zero attached hydrogens (tertiary/aromatic N) is 3. The van der Waals surface area contributed by atoms with Crippen molar-refractivity contribution in [2.45, 2.75) is 78.0 Å². The molecule has 21 heavy (non-hydrogen) atoms. The third kappa shape index (κ3) is 5.58. The lowest BCUT2D eigenvalue weighted by Gasteiger charge is -2.42. The SMILES string of the molecule is CCC(C)N1CCN(C(C)CC(C)(C#N)NC(C)C)CC1. The Morgan fingerprint density at radius 3 is 1.90 bits per heavy atom. The second kappa shape index (κ2) is 8.12. The predicted molar refractivity (Wildman–Crippen MR) is 89.3 cm³/mol. The second-order valence-electron chi connectivity index (χ2n) is 7.13. The van der Waals surface area contributed by atoms with Gasteiger partial charge in [0.1, 0.15) is 5.54 Å². The van der Waals surface area contributed by atoms with Crippen LogP contribution in [0, 0.1) is 11.3 Å². The van der Waals surface area contributed by atoms with Gasteiger partial charge in [0.15, 0.2) is 0 Å². The first kappa shape index (κ1) is 18.4. The Bertz CT molecular complexity index is 341. The fraction of sp³-hybridized carbons (Fsp3) is 0.941. The molecule has 0 aromatic carbocycles. The summed E-state index contributed by atoms with van der Waals surface area (Å²) in [5, 5.41) is 12.9. The van der Waals surface area contributed by atoms with E-state index in [1.165, 1.54) is 6.42 Å². The zero-order valence-electron chi connectivity index (χ0n) is 14.8. The fourth-order valence-corrected chi connectivity index (χ4v) is 3.37. The Morgan fingerprint density at radius 2 is 1.52 bits per heavy atom. The Hall–Kier alpha value is -0.630. The van der Waals surface area contributed by atoms with Crippen LogP contribution in [-0.4, -0.2) is 59.6 Å². The van der Waals surface area contributed by atoms with Crippen molar-refractivity contribution in [1.82, 2.24) is 15.1 Å². The van der Waals surface area contributed by atoms with E-state index in [-0.39, 0.29) is 0 Å². The number of rotatable bonds is 7. The maximum atomic E-state index is 9.49. The summed E-state index contributed by atoms with van der Waals surface area (Å²) in [6.45, 7) is 17.6. The highest BCUT2D eigenvalue weighted by atomic mass is 15.3. The minimum absolute atomic E-state index is 0.337. The average Bonchev–Trinajstić information content (AvgIpc) is 2.45. The van der Waals surface area contributed by atoms with E-state index in [0.717, 1.165) is 32.6 Å². The van der Waals surface area contributed by atoms with Gasteiger partial charge < -0.3 is 0 Å². The molecule has 0 saturated carbocycles. The van der Waals surface area contributed by atoms with Gasteiger partial charge in [0, 0.05) is 44.3 Å². The molecule has 4 nitrogen and oxygen atoms in total. The first-order valence-electron chi connectivity index (χ1n) is 8.48. The van der Waals surface area contributed by atoms with Crippen LogP contribution in [0.3, 0.4) is 0 Å². The minimum Gasteiger partial charge on any atom is -0.298 e. The highest BCUT2D eigenvalue weighted by molar-refractivity contribution is 5.06. The molecule has 1 saturated heterocycles. The van der Waals surface area contributed by atoms with Gasteiger partial charge in [-0.05, 0) is 47.5 Å². The van der Waals surface area contributed by atoms with Gasteiger partial charge in [-0.1, -0.05) is 6.92 Å². The topological polar surface area (TPSA) is 42.3 Å². The van der Waals surface area contributed by atoms with Crippen LogP contribution in [0.1, 0.15) is 54.4 Å². The molecule has 3 unspecified atom stereocenters. The Labute approximate surface area is 131 Å². The molecule has 0 aromatic heterocycles. The molecule has 0 bridgehead atoms. The van der Waals surface area contributed by atoms with Crippen LogP contribution in [-0.2, 0) is 0 Å². The van der Waals surface area contributed by atoms with Crippen molar-refractivity contribution in [3.63, 3.8) is 0 Å². The molecule has 1 fully saturated rings. The third-order valence-corrected chi connectivity index (χ3v) is 4.74. The largest absolute Gasteiger partial charge is 0.298 e. The van der Waals surface area contributed by atoms with Crippen LogP contribution in [0.15, 0.2) is 0 Å². The summed E-state index contributed by atoms with van der Waals surface area (Å²) in [5.41, 5.74) is -0.429. The van der Waals surface area contributed by atoms with Crippen molar-refractivity contribution in [3.8, 4) is 6.07 Å². The molecule has 1 heterocycles. The van der Waals surface area contributed by atoms with Gasteiger partial charge in [-0.25, -0.2) is 0 Å². The Balaban J connectivity index is 2.50. The number of piperazine rings is 1. The first-order valence-corrected chi connectivity index (χ1v) is 8.48. The van der Waals surface area contributed by atoms with E-state index < -0.39 is 5.54 Å². The van der Waals surface area contributed by atoms with E-state index in [1.807, 2.05) is 6.92 Å². The standard InChI is InChI=1S/C17H34N4/c1-7-15(4)20-8-10-21(11-9-20)16(5)12-17(6,13-18)19-14(2)3/h14-16,19H,7-12H2,1-6H3. The zero-order valence-corrected chi connectivity index (χ0v) is 14.8. The zero-order chi connectivity index (χ0) is 16.0. The van der Waals surface area contributed by atoms with Crippen molar-refractivity contribution < 1.29 is 0 Å². The van der Waals surface area contributed by atoms with Crippen LogP contribution in [0.5, 0.6) is 0 Å². The van der Waals surface area contributed by atoms with Crippen molar-refractivity contribution >= 4 is 0 Å². The maximum absolute atomic E-state index is 9.49. The quantitative estimate of drug-likeness (QED) is 0.783. The second-order valence-corrected chi connectivity index (χ2v) is 7.13. The van der Waals surface area contributed by atoms with Gasteiger partial charge in [0.05, 0.1) is 6.07 Å². The highest BCUT2D eigenvalue weighted by Gasteiger charge is 2.31. The van der Waals surface area contributed by atoms with Gasteiger partial charge in [-0.2, -0.15) is 5.26 Å². The molecule has 4 heteroatoms. The Morgan fingerprint density at radius 1 is 1.05 bits per heavy atom. The summed E-state index contributed by atoms with van der Waals surface area (Å²) in [6, 6.07) is 3.94. The number of nitriles is 1. The van der Waals surface area contributed by atoms with E-state index in [9.17, 15) is 5.26 Å². The van der Waals surface area contributed by atoms with E-state index >= 15 is 0 Å². The summed E-state index contributed by atoms with van der Waals surface area (Å²) >= 11 is 0. The van der Waals surface area contributed by atoms with E-state index in [0.29, 0.717) is 18.1 Å². The monoisotopic (exact) mass is 294 g/mol. The Kier molecular flexibility index (Phi) is 7.12. The number of hydrogen-bond donors (Lipinski definition) is 1. The van der Waals surface area contributed by atoms with Gasteiger partial charge in [-0.15, -0.1) is 0 Å². The van der Waals surface area contributed by atoms with Gasteiger partial charge in [0.2, 0.25) is 0 Å². The summed E-state index contributed by atoms with van der Waals surface area (Å²) in [6.07, 6.45) is 2.10. The van der Waals surface area contributed by atoms with Crippen molar-refractivity contribution in [1.29, 1.82) is 5.26 Å². The lowest BCUT2D eigenvalue weighted by Crippen LogP contribution is -2.55. The van der Waals surface area contributed by atoms with Crippen LogP contribution in [0.2, 0.25) is 0 Å². The lowest BCUT2D eigenvalue weighted by molar-refractivity contribution is 0.0684. The van der Waals surface area contributed by atoms with Crippen LogP contribution >= 0.6 is 0 Å². The summed E-state index contributed by atoms with van der Waals surface area (Å²) < 4.78 is 0. The smallest absolute Gasteiger partial charge is 0.105 e. The predicted octanol–water partition coefficient (Wildman–Crippen LogP) is 2.46. The van der Waals surface area contributed by atoms with Gasteiger partial charge in [-0.3, -0.25) is 15.1 Å². The number of nitrogens with one attached hydrogen (secondary N) is 1. The van der Waals surface area contributed by atoms with E-state index in [1.54, 1.807) is 0 Å². The molecule has 0 aromatic rings. The van der Waals surface area contributed by atoms with Crippen molar-refractivity contribution in [2.24, 2.45) is 0 Å². The molecule has 0 amide bonds. The fourth-order valence-electron chi connectivity index (χ4n) is 3.37. The van der Waals surface area contributed by atoms with Crippen molar-refractivity contribution in [3.05, 3.63) is 0 Å². The lowest BCUT2D eigenvalue weighted by atomic mass is 9.93. The van der Waals surface area contributed by atoms with Gasteiger partial charge in [0.25, 0.3) is 0 Å². The molecule has 0 spiro atoms. The first-order chi connectivity index (χ1) is 9.81. The third-order valence-electron chi connectivity index (χ3n) is 4.74. The summed E-state index contributed by atoms with van der Waals surface area (Å²) in [4.78, 5) is 5.12. The maximum Gasteiger partial charge on any atom is 0.105 e. The van der Waals surface area contributed by atoms with E-state index in [4.69, 9.17) is 0 Å². The van der Waals surface area contributed by atoms with Crippen LogP contribution < -0.4 is 5.32 Å². The summed E-state index contributed by atoms with van der Waals surface area (Å²) in [7, 11) is 0. The van der Waals surface area contributed by atoms with E-state index in [2.05, 4.69) is 55.8 Å². The molecule has 122 valence electrons. The van der Waals surface area contributed by atoms with Crippen LogP contribution in [0.25, 0.3) is 0 Å².